The number of hydrogen-bond donors (Lipinski definition) is 0. The molecule has 1 aromatic carbocycles. The Hall–Kier alpha value is -2.12. The summed E-state index contributed by atoms with van der Waals surface area (Å²) in [7, 11) is 4.02. The highest BCUT2D eigenvalue weighted by Gasteiger charge is 2.18. The van der Waals surface area contributed by atoms with Crippen molar-refractivity contribution in [3.8, 4) is 6.07 Å². The number of nitriles is 1. The summed E-state index contributed by atoms with van der Waals surface area (Å²) in [5.41, 5.74) is 1.17. The zero-order valence-electron chi connectivity index (χ0n) is 11.3. The van der Waals surface area contributed by atoms with Gasteiger partial charge in [-0.15, -0.1) is 0 Å². The predicted molar refractivity (Wildman–Crippen MR) is 74.1 cm³/mol. The summed E-state index contributed by atoms with van der Waals surface area (Å²) in [4.78, 5) is 6.50. The summed E-state index contributed by atoms with van der Waals surface area (Å²) >= 11 is 0. The Kier molecular flexibility index (Phi) is 4.32. The molecule has 1 aromatic heterocycles. The molecule has 2 aromatic rings. The number of rotatable bonds is 5. The normalized spacial score (nSPS) is 12.3. The lowest BCUT2D eigenvalue weighted by atomic mass is 10.0. The van der Waals surface area contributed by atoms with Gasteiger partial charge in [-0.1, -0.05) is 30.3 Å². The lowest BCUT2D eigenvalue weighted by Crippen LogP contribution is -2.25. The molecule has 98 valence electrons. The molecule has 0 N–H and O–H groups in total. The van der Waals surface area contributed by atoms with Crippen molar-refractivity contribution in [2.45, 2.75) is 19.0 Å². The fourth-order valence-electron chi connectivity index (χ4n) is 2.17. The summed E-state index contributed by atoms with van der Waals surface area (Å²) < 4.78 is 2.00. The van der Waals surface area contributed by atoms with Gasteiger partial charge in [0.05, 0.1) is 19.0 Å². The maximum atomic E-state index is 9.03. The van der Waals surface area contributed by atoms with Crippen molar-refractivity contribution in [3.05, 3.63) is 54.1 Å². The number of hydrogen-bond acceptors (Lipinski definition) is 3. The summed E-state index contributed by atoms with van der Waals surface area (Å²) in [6, 6.07) is 12.5. The Labute approximate surface area is 113 Å². The number of imidazole rings is 1. The van der Waals surface area contributed by atoms with Crippen molar-refractivity contribution in [2.24, 2.45) is 7.05 Å². The van der Waals surface area contributed by atoms with Gasteiger partial charge < -0.3 is 4.57 Å². The first kappa shape index (κ1) is 13.3. The van der Waals surface area contributed by atoms with Gasteiger partial charge in [-0.25, -0.2) is 4.98 Å². The summed E-state index contributed by atoms with van der Waals surface area (Å²) in [6.45, 7) is 0.727. The van der Waals surface area contributed by atoms with Crippen LogP contribution in [-0.4, -0.2) is 21.5 Å². The van der Waals surface area contributed by atoms with Crippen LogP contribution >= 0.6 is 0 Å². The van der Waals surface area contributed by atoms with Crippen molar-refractivity contribution < 1.29 is 0 Å². The van der Waals surface area contributed by atoms with E-state index < -0.39 is 0 Å². The van der Waals surface area contributed by atoms with E-state index in [9.17, 15) is 0 Å². The molecule has 1 heterocycles. The fraction of sp³-hybridized carbons (Fsp3) is 0.333. The maximum Gasteiger partial charge on any atom is 0.122 e. The number of aromatic nitrogens is 2. The third kappa shape index (κ3) is 3.21. The molecule has 1 unspecified atom stereocenters. The van der Waals surface area contributed by atoms with Crippen LogP contribution in [0.15, 0.2) is 42.7 Å². The number of benzene rings is 1. The van der Waals surface area contributed by atoms with Crippen molar-refractivity contribution in [1.29, 1.82) is 5.26 Å². The van der Waals surface area contributed by atoms with E-state index in [1.54, 1.807) is 6.20 Å². The van der Waals surface area contributed by atoms with Crippen molar-refractivity contribution in [3.63, 3.8) is 0 Å². The molecule has 0 spiro atoms. The Morgan fingerprint density at radius 3 is 2.68 bits per heavy atom. The summed E-state index contributed by atoms with van der Waals surface area (Å²) in [6.07, 6.45) is 4.21. The second kappa shape index (κ2) is 6.17. The Morgan fingerprint density at radius 2 is 2.11 bits per heavy atom. The first-order chi connectivity index (χ1) is 9.22. The van der Waals surface area contributed by atoms with Crippen LogP contribution in [0.1, 0.15) is 23.9 Å². The van der Waals surface area contributed by atoms with E-state index >= 15 is 0 Å². The van der Waals surface area contributed by atoms with Crippen molar-refractivity contribution >= 4 is 0 Å². The van der Waals surface area contributed by atoms with Crippen LogP contribution in [0.4, 0.5) is 0 Å². The van der Waals surface area contributed by atoms with Gasteiger partial charge >= 0.3 is 0 Å². The van der Waals surface area contributed by atoms with E-state index in [4.69, 9.17) is 5.26 Å². The van der Waals surface area contributed by atoms with E-state index in [-0.39, 0.29) is 6.04 Å². The van der Waals surface area contributed by atoms with Crippen LogP contribution in [0.25, 0.3) is 0 Å². The monoisotopic (exact) mass is 254 g/mol. The van der Waals surface area contributed by atoms with E-state index in [1.165, 1.54) is 5.56 Å². The fourth-order valence-corrected chi connectivity index (χ4v) is 2.17. The molecule has 4 heteroatoms. The number of aryl methyl sites for hydroxylation is 1. The smallest absolute Gasteiger partial charge is 0.122 e. The molecule has 0 saturated heterocycles. The van der Waals surface area contributed by atoms with Gasteiger partial charge in [0.15, 0.2) is 0 Å². The minimum Gasteiger partial charge on any atom is -0.337 e. The molecule has 2 rings (SSSR count). The molecule has 0 aliphatic carbocycles. The van der Waals surface area contributed by atoms with Gasteiger partial charge in [0.25, 0.3) is 0 Å². The average molecular weight is 254 g/mol. The van der Waals surface area contributed by atoms with Gasteiger partial charge in [-0.2, -0.15) is 5.26 Å². The zero-order chi connectivity index (χ0) is 13.7. The van der Waals surface area contributed by atoms with Gasteiger partial charge in [0.1, 0.15) is 5.82 Å². The second-order valence-electron chi connectivity index (χ2n) is 4.66. The molecule has 0 bridgehead atoms. The van der Waals surface area contributed by atoms with Crippen LogP contribution in [0.3, 0.4) is 0 Å². The molecule has 0 radical (unpaired) electrons. The molecule has 0 aliphatic rings. The SMILES string of the molecule is CN(Cc1nccn1C)C(CC#N)c1ccccc1. The topological polar surface area (TPSA) is 44.9 Å². The average Bonchev–Trinajstić information content (AvgIpc) is 2.82. The lowest BCUT2D eigenvalue weighted by molar-refractivity contribution is 0.231. The van der Waals surface area contributed by atoms with Gasteiger partial charge in [-0.3, -0.25) is 4.90 Å². The minimum absolute atomic E-state index is 0.0999. The predicted octanol–water partition coefficient (Wildman–Crippen LogP) is 2.51. The first-order valence-electron chi connectivity index (χ1n) is 6.30. The second-order valence-corrected chi connectivity index (χ2v) is 4.66. The van der Waals surface area contributed by atoms with Gasteiger partial charge in [-0.05, 0) is 12.6 Å². The van der Waals surface area contributed by atoms with Crippen LogP contribution in [-0.2, 0) is 13.6 Å². The van der Waals surface area contributed by atoms with Gasteiger partial charge in [0.2, 0.25) is 0 Å². The van der Waals surface area contributed by atoms with Gasteiger partial charge in [0, 0.05) is 25.5 Å². The third-order valence-corrected chi connectivity index (χ3v) is 3.31. The lowest BCUT2D eigenvalue weighted by Gasteiger charge is -2.26. The molecule has 0 aliphatic heterocycles. The van der Waals surface area contributed by atoms with E-state index in [1.807, 2.05) is 43.1 Å². The van der Waals surface area contributed by atoms with E-state index in [2.05, 4.69) is 28.1 Å². The highest BCUT2D eigenvalue weighted by atomic mass is 15.2. The highest BCUT2D eigenvalue weighted by molar-refractivity contribution is 5.20. The van der Waals surface area contributed by atoms with Crippen LogP contribution in [0.2, 0.25) is 0 Å². The van der Waals surface area contributed by atoms with E-state index in [0.29, 0.717) is 6.42 Å². The molecular weight excluding hydrogens is 236 g/mol. The van der Waals surface area contributed by atoms with Crippen LogP contribution < -0.4 is 0 Å². The Bertz CT molecular complexity index is 553. The molecule has 19 heavy (non-hydrogen) atoms. The zero-order valence-corrected chi connectivity index (χ0v) is 11.3. The highest BCUT2D eigenvalue weighted by Crippen LogP contribution is 2.23. The Balaban J connectivity index is 2.16. The van der Waals surface area contributed by atoms with Crippen molar-refractivity contribution in [2.75, 3.05) is 7.05 Å². The summed E-state index contributed by atoms with van der Waals surface area (Å²) in [5, 5.41) is 9.03. The first-order valence-corrected chi connectivity index (χ1v) is 6.30. The van der Waals surface area contributed by atoms with Crippen molar-refractivity contribution in [1.82, 2.24) is 14.5 Å². The molecule has 1 atom stereocenters. The number of nitrogens with zero attached hydrogens (tertiary/aromatic N) is 4. The molecule has 0 saturated carbocycles. The molecular formula is C15H18N4. The largest absolute Gasteiger partial charge is 0.337 e. The minimum atomic E-state index is 0.0999. The van der Waals surface area contributed by atoms with E-state index in [0.717, 1.165) is 12.4 Å². The molecule has 0 fully saturated rings. The standard InChI is InChI=1S/C15H18N4/c1-18-11-10-17-15(18)12-19(2)14(8-9-16)13-6-4-3-5-7-13/h3-7,10-11,14H,8,12H2,1-2H3. The summed E-state index contributed by atoms with van der Waals surface area (Å²) in [5.74, 6) is 1.00. The molecule has 4 nitrogen and oxygen atoms in total. The van der Waals surface area contributed by atoms with Crippen LogP contribution in [0.5, 0.6) is 0 Å². The quantitative estimate of drug-likeness (QED) is 0.823. The third-order valence-electron chi connectivity index (χ3n) is 3.31. The van der Waals surface area contributed by atoms with Crippen LogP contribution in [0, 0.1) is 11.3 Å². The Morgan fingerprint density at radius 1 is 1.37 bits per heavy atom. The molecule has 0 amide bonds. The maximum absolute atomic E-state index is 9.03.